The predicted molar refractivity (Wildman–Crippen MR) is 95.2 cm³/mol. The molecular formula is C20H30O4. The molecule has 0 fully saturated rings. The van der Waals surface area contributed by atoms with Crippen molar-refractivity contribution in [3.8, 4) is 11.5 Å². The second kappa shape index (κ2) is 11.7. The van der Waals surface area contributed by atoms with Crippen molar-refractivity contribution in [1.29, 1.82) is 0 Å². The maximum Gasteiger partial charge on any atom is 0.311 e. The van der Waals surface area contributed by atoms with Gasteiger partial charge in [0.1, 0.15) is 0 Å². The molecule has 1 aromatic carbocycles. The Balaban J connectivity index is 2.29. The molecule has 0 radical (unpaired) electrons. The lowest BCUT2D eigenvalue weighted by Crippen LogP contribution is -2.11. The standard InChI is InChI=1S/C20H30O4/c1-4-19(21)23-17-13-10-11-14-18(17)24-20(22)15-9-7-5-6-8-12-16(2)3/h10-11,13-14,16H,4-9,12,15H2,1-3H3. The van der Waals surface area contributed by atoms with Crippen molar-refractivity contribution in [3.63, 3.8) is 0 Å². The van der Waals surface area contributed by atoms with Crippen LogP contribution in [0.1, 0.15) is 72.1 Å². The first-order chi connectivity index (χ1) is 11.5. The maximum absolute atomic E-state index is 11.9. The van der Waals surface area contributed by atoms with Gasteiger partial charge in [0, 0.05) is 12.8 Å². The maximum atomic E-state index is 11.9. The number of esters is 2. The molecule has 4 nitrogen and oxygen atoms in total. The van der Waals surface area contributed by atoms with E-state index >= 15 is 0 Å². The summed E-state index contributed by atoms with van der Waals surface area (Å²) in [6.45, 7) is 6.20. The Labute approximate surface area is 145 Å². The van der Waals surface area contributed by atoms with Gasteiger partial charge >= 0.3 is 11.9 Å². The van der Waals surface area contributed by atoms with Gasteiger partial charge in [0.15, 0.2) is 11.5 Å². The quantitative estimate of drug-likeness (QED) is 0.313. The van der Waals surface area contributed by atoms with E-state index in [1.165, 1.54) is 19.3 Å². The first-order valence-electron chi connectivity index (χ1n) is 9.03. The number of hydrogen-bond donors (Lipinski definition) is 0. The largest absolute Gasteiger partial charge is 0.423 e. The Morgan fingerprint density at radius 1 is 0.875 bits per heavy atom. The highest BCUT2D eigenvalue weighted by molar-refractivity contribution is 5.75. The van der Waals surface area contributed by atoms with Crippen molar-refractivity contribution in [2.24, 2.45) is 5.92 Å². The average Bonchev–Trinajstić information content (AvgIpc) is 2.55. The molecule has 1 rings (SSSR count). The lowest BCUT2D eigenvalue weighted by Gasteiger charge is -2.09. The van der Waals surface area contributed by atoms with E-state index < -0.39 is 0 Å². The van der Waals surface area contributed by atoms with E-state index in [0.29, 0.717) is 17.9 Å². The van der Waals surface area contributed by atoms with Crippen molar-refractivity contribution in [3.05, 3.63) is 24.3 Å². The molecule has 4 heteroatoms. The zero-order chi connectivity index (χ0) is 17.8. The van der Waals surface area contributed by atoms with Crippen molar-refractivity contribution in [1.82, 2.24) is 0 Å². The third-order valence-electron chi connectivity index (χ3n) is 3.75. The minimum absolute atomic E-state index is 0.277. The van der Waals surface area contributed by atoms with E-state index in [2.05, 4.69) is 13.8 Å². The Bertz CT molecular complexity index is 508. The first-order valence-corrected chi connectivity index (χ1v) is 9.03. The number of benzene rings is 1. The number of hydrogen-bond acceptors (Lipinski definition) is 4. The highest BCUT2D eigenvalue weighted by atomic mass is 16.6. The lowest BCUT2D eigenvalue weighted by atomic mass is 10.0. The van der Waals surface area contributed by atoms with E-state index in [-0.39, 0.29) is 18.4 Å². The molecule has 1 aromatic rings. The minimum atomic E-state index is -0.347. The van der Waals surface area contributed by atoms with Gasteiger partial charge in [-0.15, -0.1) is 0 Å². The Hall–Kier alpha value is -1.84. The number of carbonyl (C=O) groups excluding carboxylic acids is 2. The van der Waals surface area contributed by atoms with Crippen LogP contribution in [0.15, 0.2) is 24.3 Å². The molecule has 24 heavy (non-hydrogen) atoms. The summed E-state index contributed by atoms with van der Waals surface area (Å²) < 4.78 is 10.5. The molecule has 0 aliphatic carbocycles. The third kappa shape index (κ3) is 8.70. The highest BCUT2D eigenvalue weighted by Crippen LogP contribution is 2.27. The molecule has 0 spiro atoms. The van der Waals surface area contributed by atoms with E-state index in [4.69, 9.17) is 9.47 Å². The summed E-state index contributed by atoms with van der Waals surface area (Å²) in [6, 6.07) is 6.76. The first kappa shape index (κ1) is 20.2. The van der Waals surface area contributed by atoms with Gasteiger partial charge in [-0.25, -0.2) is 0 Å². The van der Waals surface area contributed by atoms with E-state index in [1.807, 2.05) is 0 Å². The van der Waals surface area contributed by atoms with Crippen LogP contribution in [0.5, 0.6) is 11.5 Å². The molecule has 134 valence electrons. The molecule has 0 aromatic heterocycles. The van der Waals surface area contributed by atoms with Crippen molar-refractivity contribution < 1.29 is 19.1 Å². The van der Waals surface area contributed by atoms with Crippen molar-refractivity contribution in [2.45, 2.75) is 72.1 Å². The van der Waals surface area contributed by atoms with Crippen LogP contribution in [0.2, 0.25) is 0 Å². The smallest absolute Gasteiger partial charge is 0.311 e. The summed E-state index contributed by atoms with van der Waals surface area (Å²) in [5.41, 5.74) is 0. The fourth-order valence-electron chi connectivity index (χ4n) is 2.34. The Morgan fingerprint density at radius 3 is 2.00 bits per heavy atom. The fourth-order valence-corrected chi connectivity index (χ4v) is 2.34. The molecule has 0 heterocycles. The van der Waals surface area contributed by atoms with E-state index in [0.717, 1.165) is 25.2 Å². The van der Waals surface area contributed by atoms with Gasteiger partial charge in [-0.1, -0.05) is 65.0 Å². The summed E-state index contributed by atoms with van der Waals surface area (Å²) in [5, 5.41) is 0. The van der Waals surface area contributed by atoms with Crippen molar-refractivity contribution in [2.75, 3.05) is 0 Å². The Morgan fingerprint density at radius 2 is 1.42 bits per heavy atom. The summed E-state index contributed by atoms with van der Waals surface area (Å²) in [6.07, 6.45) is 7.46. The second-order valence-corrected chi connectivity index (χ2v) is 6.45. The van der Waals surface area contributed by atoms with Gasteiger partial charge in [-0.3, -0.25) is 9.59 Å². The number of carbonyl (C=O) groups is 2. The average molecular weight is 334 g/mol. The van der Waals surface area contributed by atoms with Crippen LogP contribution >= 0.6 is 0 Å². The van der Waals surface area contributed by atoms with Crippen LogP contribution in [0.4, 0.5) is 0 Å². The molecule has 0 amide bonds. The van der Waals surface area contributed by atoms with Crippen molar-refractivity contribution >= 4 is 11.9 Å². The SMILES string of the molecule is CCC(=O)Oc1ccccc1OC(=O)CCCCCCCC(C)C. The van der Waals surface area contributed by atoms with Crippen LogP contribution in [0.25, 0.3) is 0 Å². The van der Waals surface area contributed by atoms with E-state index in [9.17, 15) is 9.59 Å². The van der Waals surface area contributed by atoms with Crippen LogP contribution < -0.4 is 9.47 Å². The molecule has 0 aliphatic heterocycles. The summed E-state index contributed by atoms with van der Waals surface area (Å²) in [7, 11) is 0. The van der Waals surface area contributed by atoms with Gasteiger partial charge in [0.2, 0.25) is 0 Å². The molecule has 0 saturated carbocycles. The van der Waals surface area contributed by atoms with Gasteiger partial charge in [-0.2, -0.15) is 0 Å². The van der Waals surface area contributed by atoms with Crippen LogP contribution in [0, 0.1) is 5.92 Å². The number of para-hydroxylation sites is 2. The fraction of sp³-hybridized carbons (Fsp3) is 0.600. The summed E-state index contributed by atoms with van der Waals surface area (Å²) in [4.78, 5) is 23.3. The number of ether oxygens (including phenoxy) is 2. The Kier molecular flexibility index (Phi) is 9.81. The number of rotatable bonds is 11. The topological polar surface area (TPSA) is 52.6 Å². The minimum Gasteiger partial charge on any atom is -0.423 e. The normalized spacial score (nSPS) is 10.7. The van der Waals surface area contributed by atoms with Crippen LogP contribution in [-0.4, -0.2) is 11.9 Å². The molecule has 0 aliphatic rings. The highest BCUT2D eigenvalue weighted by Gasteiger charge is 2.12. The monoisotopic (exact) mass is 334 g/mol. The summed E-state index contributed by atoms with van der Waals surface area (Å²) in [5.74, 6) is 0.742. The van der Waals surface area contributed by atoms with Crippen LogP contribution in [-0.2, 0) is 9.59 Å². The van der Waals surface area contributed by atoms with Crippen LogP contribution in [0.3, 0.4) is 0 Å². The molecule has 0 saturated heterocycles. The van der Waals surface area contributed by atoms with E-state index in [1.54, 1.807) is 31.2 Å². The van der Waals surface area contributed by atoms with Gasteiger partial charge < -0.3 is 9.47 Å². The molecule has 0 unspecified atom stereocenters. The van der Waals surface area contributed by atoms with Gasteiger partial charge in [0.05, 0.1) is 0 Å². The molecule has 0 N–H and O–H groups in total. The lowest BCUT2D eigenvalue weighted by molar-refractivity contribution is -0.137. The van der Waals surface area contributed by atoms with Gasteiger partial charge in [0.25, 0.3) is 0 Å². The molecule has 0 atom stereocenters. The molecular weight excluding hydrogens is 304 g/mol. The zero-order valence-electron chi connectivity index (χ0n) is 15.2. The zero-order valence-corrected chi connectivity index (χ0v) is 15.2. The second-order valence-electron chi connectivity index (χ2n) is 6.45. The summed E-state index contributed by atoms with van der Waals surface area (Å²) >= 11 is 0. The number of unbranched alkanes of at least 4 members (excludes halogenated alkanes) is 4. The molecule has 0 bridgehead atoms. The predicted octanol–water partition coefficient (Wildman–Crippen LogP) is 5.29. The van der Waals surface area contributed by atoms with Gasteiger partial charge in [-0.05, 0) is 24.5 Å². The third-order valence-corrected chi connectivity index (χ3v) is 3.75.